The lowest BCUT2D eigenvalue weighted by molar-refractivity contribution is -0.117. The highest BCUT2D eigenvalue weighted by atomic mass is 16.5. The summed E-state index contributed by atoms with van der Waals surface area (Å²) in [6.07, 6.45) is 5.96. The number of nitrogens with one attached hydrogen (secondary N) is 1. The molecule has 4 nitrogen and oxygen atoms in total. The standard InChI is InChI=1S/C24H30N2O2/c1-18-5-4-16-26(17-18)22-11-9-21(10-12-22)19(2)25-24(27)15-8-20-6-13-23(28-3)14-7-20/h6-15,18-19H,4-5,16-17H2,1-3H3,(H,25,27)/b15-8+. The predicted molar refractivity (Wildman–Crippen MR) is 116 cm³/mol. The van der Waals surface area contributed by atoms with Crippen LogP contribution in [0, 0.1) is 5.92 Å². The molecule has 0 aromatic heterocycles. The fourth-order valence-corrected chi connectivity index (χ4v) is 3.63. The van der Waals surface area contributed by atoms with Crippen molar-refractivity contribution < 1.29 is 9.53 Å². The van der Waals surface area contributed by atoms with Gasteiger partial charge in [0.05, 0.1) is 13.2 Å². The van der Waals surface area contributed by atoms with Gasteiger partial charge < -0.3 is 15.0 Å². The summed E-state index contributed by atoms with van der Waals surface area (Å²) in [6, 6.07) is 16.1. The second kappa shape index (κ2) is 9.45. The van der Waals surface area contributed by atoms with Crippen molar-refractivity contribution in [3.63, 3.8) is 0 Å². The van der Waals surface area contributed by atoms with E-state index < -0.39 is 0 Å². The molecule has 0 bridgehead atoms. The van der Waals surface area contributed by atoms with E-state index in [9.17, 15) is 4.79 Å². The van der Waals surface area contributed by atoms with E-state index in [2.05, 4.69) is 41.4 Å². The van der Waals surface area contributed by atoms with Gasteiger partial charge in [0, 0.05) is 24.9 Å². The van der Waals surface area contributed by atoms with Crippen LogP contribution in [0.3, 0.4) is 0 Å². The second-order valence-corrected chi connectivity index (χ2v) is 7.62. The average Bonchev–Trinajstić information content (AvgIpc) is 2.72. The van der Waals surface area contributed by atoms with Gasteiger partial charge in [0.25, 0.3) is 0 Å². The van der Waals surface area contributed by atoms with E-state index in [1.54, 1.807) is 13.2 Å². The van der Waals surface area contributed by atoms with Gasteiger partial charge in [0.2, 0.25) is 5.91 Å². The summed E-state index contributed by atoms with van der Waals surface area (Å²) >= 11 is 0. The van der Waals surface area contributed by atoms with E-state index in [1.807, 2.05) is 37.3 Å². The maximum Gasteiger partial charge on any atom is 0.244 e. The smallest absolute Gasteiger partial charge is 0.244 e. The highest BCUT2D eigenvalue weighted by Crippen LogP contribution is 2.24. The molecule has 2 atom stereocenters. The molecule has 1 aliphatic rings. The lowest BCUT2D eigenvalue weighted by atomic mass is 9.99. The van der Waals surface area contributed by atoms with Crippen molar-refractivity contribution in [1.29, 1.82) is 0 Å². The Bertz CT molecular complexity index is 796. The first-order chi connectivity index (χ1) is 13.5. The summed E-state index contributed by atoms with van der Waals surface area (Å²) in [5.74, 6) is 1.46. The van der Waals surface area contributed by atoms with E-state index in [1.165, 1.54) is 18.5 Å². The van der Waals surface area contributed by atoms with Crippen LogP contribution in [-0.2, 0) is 4.79 Å². The number of hydrogen-bond donors (Lipinski definition) is 1. The van der Waals surface area contributed by atoms with Crippen molar-refractivity contribution in [2.45, 2.75) is 32.7 Å². The SMILES string of the molecule is COc1ccc(/C=C/C(=O)NC(C)c2ccc(N3CCCC(C)C3)cc2)cc1. The Morgan fingerprint density at radius 1 is 1.18 bits per heavy atom. The molecule has 2 aromatic carbocycles. The fourth-order valence-electron chi connectivity index (χ4n) is 3.63. The molecule has 1 amide bonds. The molecular formula is C24H30N2O2. The zero-order chi connectivity index (χ0) is 19.9. The number of methoxy groups -OCH3 is 1. The Labute approximate surface area is 168 Å². The summed E-state index contributed by atoms with van der Waals surface area (Å²) in [4.78, 5) is 14.7. The number of ether oxygens (including phenoxy) is 1. The van der Waals surface area contributed by atoms with Crippen molar-refractivity contribution in [2.75, 3.05) is 25.1 Å². The number of rotatable bonds is 6. The molecule has 1 aliphatic heterocycles. The monoisotopic (exact) mass is 378 g/mol. The first kappa shape index (κ1) is 20.0. The van der Waals surface area contributed by atoms with Crippen LogP contribution in [0.4, 0.5) is 5.69 Å². The molecule has 1 saturated heterocycles. The molecule has 1 fully saturated rings. The van der Waals surface area contributed by atoms with Gasteiger partial charge in [-0.25, -0.2) is 0 Å². The van der Waals surface area contributed by atoms with E-state index in [0.717, 1.165) is 35.9 Å². The van der Waals surface area contributed by atoms with Crippen molar-refractivity contribution >= 4 is 17.7 Å². The van der Waals surface area contributed by atoms with Crippen molar-refractivity contribution in [3.05, 3.63) is 65.7 Å². The third kappa shape index (κ3) is 5.38. The van der Waals surface area contributed by atoms with E-state index in [-0.39, 0.29) is 11.9 Å². The number of hydrogen-bond acceptors (Lipinski definition) is 3. The fraction of sp³-hybridized carbons (Fsp3) is 0.375. The van der Waals surface area contributed by atoms with Gasteiger partial charge in [0.15, 0.2) is 0 Å². The Balaban J connectivity index is 1.55. The molecule has 0 spiro atoms. The Kier molecular flexibility index (Phi) is 6.75. The molecule has 0 radical (unpaired) electrons. The van der Waals surface area contributed by atoms with Crippen molar-refractivity contribution in [1.82, 2.24) is 5.32 Å². The molecule has 1 heterocycles. The quantitative estimate of drug-likeness (QED) is 0.733. The molecule has 4 heteroatoms. The van der Waals surface area contributed by atoms with Gasteiger partial charge in [-0.1, -0.05) is 31.2 Å². The first-order valence-corrected chi connectivity index (χ1v) is 10.0. The summed E-state index contributed by atoms with van der Waals surface area (Å²) < 4.78 is 5.14. The zero-order valence-corrected chi connectivity index (χ0v) is 17.0. The lowest BCUT2D eigenvalue weighted by Crippen LogP contribution is -2.34. The van der Waals surface area contributed by atoms with Crippen molar-refractivity contribution in [3.8, 4) is 5.75 Å². The summed E-state index contributed by atoms with van der Waals surface area (Å²) in [5, 5.41) is 3.03. The third-order valence-electron chi connectivity index (χ3n) is 5.32. The predicted octanol–water partition coefficient (Wildman–Crippen LogP) is 4.82. The van der Waals surface area contributed by atoms with E-state index in [4.69, 9.17) is 4.74 Å². The van der Waals surface area contributed by atoms with Crippen LogP contribution >= 0.6 is 0 Å². The Morgan fingerprint density at radius 3 is 2.54 bits per heavy atom. The molecule has 2 aromatic rings. The molecule has 28 heavy (non-hydrogen) atoms. The third-order valence-corrected chi connectivity index (χ3v) is 5.32. The van der Waals surface area contributed by atoms with Crippen LogP contribution in [0.15, 0.2) is 54.6 Å². The highest BCUT2D eigenvalue weighted by molar-refractivity contribution is 5.92. The van der Waals surface area contributed by atoms with Gasteiger partial charge >= 0.3 is 0 Å². The van der Waals surface area contributed by atoms with Crippen LogP contribution in [-0.4, -0.2) is 26.1 Å². The number of nitrogens with zero attached hydrogens (tertiary/aromatic N) is 1. The van der Waals surface area contributed by atoms with Crippen molar-refractivity contribution in [2.24, 2.45) is 5.92 Å². The summed E-state index contributed by atoms with van der Waals surface area (Å²) in [5.41, 5.74) is 3.34. The Hall–Kier alpha value is -2.75. The van der Waals surface area contributed by atoms with Crippen LogP contribution < -0.4 is 15.0 Å². The van der Waals surface area contributed by atoms with Crippen LogP contribution in [0.5, 0.6) is 5.75 Å². The molecule has 148 valence electrons. The number of carbonyl (C=O) groups excluding carboxylic acids is 1. The van der Waals surface area contributed by atoms with Gasteiger partial charge in [-0.15, -0.1) is 0 Å². The van der Waals surface area contributed by atoms with Gasteiger partial charge in [-0.3, -0.25) is 4.79 Å². The molecule has 0 saturated carbocycles. The maximum absolute atomic E-state index is 12.2. The van der Waals surface area contributed by atoms with Crippen LogP contribution in [0.2, 0.25) is 0 Å². The Morgan fingerprint density at radius 2 is 1.89 bits per heavy atom. The number of piperidine rings is 1. The second-order valence-electron chi connectivity index (χ2n) is 7.62. The van der Waals surface area contributed by atoms with Crippen LogP contribution in [0.25, 0.3) is 6.08 Å². The largest absolute Gasteiger partial charge is 0.497 e. The number of anilines is 1. The topological polar surface area (TPSA) is 41.6 Å². The first-order valence-electron chi connectivity index (χ1n) is 10.0. The molecule has 0 aliphatic carbocycles. The van der Waals surface area contributed by atoms with Crippen LogP contribution in [0.1, 0.15) is 43.9 Å². The number of amides is 1. The van der Waals surface area contributed by atoms with E-state index >= 15 is 0 Å². The normalized spacial score (nSPS) is 18.1. The molecule has 3 rings (SSSR count). The molecular weight excluding hydrogens is 348 g/mol. The molecule has 2 unspecified atom stereocenters. The van der Waals surface area contributed by atoms with Gasteiger partial charge in [-0.2, -0.15) is 0 Å². The minimum atomic E-state index is -0.0998. The van der Waals surface area contributed by atoms with E-state index in [0.29, 0.717) is 0 Å². The highest BCUT2D eigenvalue weighted by Gasteiger charge is 2.17. The average molecular weight is 379 g/mol. The van der Waals surface area contributed by atoms with Gasteiger partial charge in [-0.05, 0) is 67.2 Å². The zero-order valence-electron chi connectivity index (χ0n) is 17.0. The van der Waals surface area contributed by atoms with Gasteiger partial charge in [0.1, 0.15) is 5.75 Å². The summed E-state index contributed by atoms with van der Waals surface area (Å²) in [7, 11) is 1.64. The minimum absolute atomic E-state index is 0.0395. The number of benzene rings is 2. The number of carbonyl (C=O) groups is 1. The maximum atomic E-state index is 12.2. The minimum Gasteiger partial charge on any atom is -0.497 e. The lowest BCUT2D eigenvalue weighted by Gasteiger charge is -2.33. The summed E-state index contributed by atoms with van der Waals surface area (Å²) in [6.45, 7) is 6.59. The molecule has 1 N–H and O–H groups in total.